The SMILES string of the molecule is Cc1cc(C)c(Nc2ccc(NS(C)(=O)=O)nc2)c(Cl)c1. The summed E-state index contributed by atoms with van der Waals surface area (Å²) in [5.41, 5.74) is 3.66. The first-order chi connectivity index (χ1) is 9.74. The Hall–Kier alpha value is -1.79. The molecule has 0 bridgehead atoms. The van der Waals surface area contributed by atoms with Gasteiger partial charge in [0.1, 0.15) is 5.82 Å². The third-order valence-corrected chi connectivity index (χ3v) is 3.63. The first kappa shape index (κ1) is 15.6. The van der Waals surface area contributed by atoms with Crippen LogP contribution in [0.25, 0.3) is 0 Å². The quantitative estimate of drug-likeness (QED) is 0.903. The Labute approximate surface area is 129 Å². The Balaban J connectivity index is 2.21. The highest BCUT2D eigenvalue weighted by molar-refractivity contribution is 7.92. The van der Waals surface area contributed by atoms with Crippen LogP contribution in [0.3, 0.4) is 0 Å². The number of aromatic nitrogens is 1. The third-order valence-electron chi connectivity index (χ3n) is 2.75. The zero-order valence-electron chi connectivity index (χ0n) is 11.9. The van der Waals surface area contributed by atoms with Crippen LogP contribution in [-0.4, -0.2) is 19.7 Å². The molecule has 0 atom stereocenters. The molecule has 1 aromatic heterocycles. The molecule has 0 unspecified atom stereocenters. The fourth-order valence-electron chi connectivity index (χ4n) is 1.94. The zero-order valence-corrected chi connectivity index (χ0v) is 13.5. The smallest absolute Gasteiger partial charge is 0.230 e. The fourth-order valence-corrected chi connectivity index (χ4v) is 2.81. The number of nitrogens with one attached hydrogen (secondary N) is 2. The van der Waals surface area contributed by atoms with Gasteiger partial charge in [-0.25, -0.2) is 13.4 Å². The lowest BCUT2D eigenvalue weighted by Gasteiger charge is -2.13. The average molecular weight is 326 g/mol. The number of aryl methyl sites for hydroxylation is 2. The lowest BCUT2D eigenvalue weighted by Crippen LogP contribution is -2.10. The number of rotatable bonds is 4. The van der Waals surface area contributed by atoms with Crippen molar-refractivity contribution in [3.05, 3.63) is 46.6 Å². The standard InChI is InChI=1S/C14H16ClN3O2S/c1-9-6-10(2)14(12(15)7-9)17-11-4-5-13(16-8-11)18-21(3,19)20/h4-8,17H,1-3H3,(H,16,18). The van der Waals surface area contributed by atoms with Gasteiger partial charge in [-0.15, -0.1) is 0 Å². The molecule has 2 rings (SSSR count). The van der Waals surface area contributed by atoms with Gasteiger partial charge in [0, 0.05) is 0 Å². The summed E-state index contributed by atoms with van der Waals surface area (Å²) in [6.07, 6.45) is 2.62. The number of nitrogens with zero attached hydrogens (tertiary/aromatic N) is 1. The minimum Gasteiger partial charge on any atom is -0.353 e. The van der Waals surface area contributed by atoms with E-state index in [0.717, 1.165) is 28.8 Å². The number of benzene rings is 1. The van der Waals surface area contributed by atoms with Gasteiger partial charge in [0.2, 0.25) is 10.0 Å². The van der Waals surface area contributed by atoms with Crippen molar-refractivity contribution in [1.82, 2.24) is 4.98 Å². The van der Waals surface area contributed by atoms with E-state index in [4.69, 9.17) is 11.6 Å². The van der Waals surface area contributed by atoms with E-state index < -0.39 is 10.0 Å². The number of halogens is 1. The van der Waals surface area contributed by atoms with Gasteiger partial charge >= 0.3 is 0 Å². The average Bonchev–Trinajstić information content (AvgIpc) is 2.34. The molecular weight excluding hydrogens is 310 g/mol. The van der Waals surface area contributed by atoms with Crippen molar-refractivity contribution in [3.8, 4) is 0 Å². The van der Waals surface area contributed by atoms with E-state index >= 15 is 0 Å². The van der Waals surface area contributed by atoms with Crippen LogP contribution in [0.4, 0.5) is 17.2 Å². The molecule has 0 saturated carbocycles. The molecule has 0 amide bonds. The van der Waals surface area contributed by atoms with E-state index in [9.17, 15) is 8.42 Å². The zero-order chi connectivity index (χ0) is 15.6. The maximum absolute atomic E-state index is 11.1. The van der Waals surface area contributed by atoms with Crippen LogP contribution >= 0.6 is 11.6 Å². The van der Waals surface area contributed by atoms with Crippen LogP contribution in [0.2, 0.25) is 5.02 Å². The molecule has 1 heterocycles. The maximum atomic E-state index is 11.1. The van der Waals surface area contributed by atoms with Gasteiger partial charge in [-0.3, -0.25) is 4.72 Å². The van der Waals surface area contributed by atoms with Gasteiger partial charge in [-0.1, -0.05) is 17.7 Å². The van der Waals surface area contributed by atoms with Gasteiger partial charge in [0.15, 0.2) is 0 Å². The molecule has 0 aliphatic carbocycles. The van der Waals surface area contributed by atoms with Gasteiger partial charge in [-0.2, -0.15) is 0 Å². The third kappa shape index (κ3) is 4.34. The lowest BCUT2D eigenvalue weighted by molar-refractivity contribution is 0.606. The molecule has 7 heteroatoms. The Morgan fingerprint density at radius 2 is 1.90 bits per heavy atom. The van der Waals surface area contributed by atoms with Crippen molar-refractivity contribution in [2.24, 2.45) is 0 Å². The highest BCUT2D eigenvalue weighted by atomic mass is 35.5. The molecule has 1 aromatic carbocycles. The summed E-state index contributed by atoms with van der Waals surface area (Å²) in [6.45, 7) is 3.95. The van der Waals surface area contributed by atoms with Gasteiger partial charge in [0.25, 0.3) is 0 Å². The van der Waals surface area contributed by atoms with Crippen LogP contribution in [0, 0.1) is 13.8 Å². The lowest BCUT2D eigenvalue weighted by atomic mass is 10.1. The Morgan fingerprint density at radius 3 is 2.43 bits per heavy atom. The molecular formula is C14H16ClN3O2S. The highest BCUT2D eigenvalue weighted by Gasteiger charge is 2.07. The van der Waals surface area contributed by atoms with E-state index in [2.05, 4.69) is 15.0 Å². The van der Waals surface area contributed by atoms with Crippen molar-refractivity contribution in [2.45, 2.75) is 13.8 Å². The van der Waals surface area contributed by atoms with E-state index in [1.165, 1.54) is 0 Å². The molecule has 0 fully saturated rings. The molecule has 21 heavy (non-hydrogen) atoms. The van der Waals surface area contributed by atoms with E-state index in [1.807, 2.05) is 26.0 Å². The van der Waals surface area contributed by atoms with Crippen molar-refractivity contribution in [2.75, 3.05) is 16.3 Å². The molecule has 0 aliphatic rings. The second-order valence-corrected chi connectivity index (χ2v) is 7.03. The number of sulfonamides is 1. The van der Waals surface area contributed by atoms with Crippen molar-refractivity contribution in [3.63, 3.8) is 0 Å². The molecule has 112 valence electrons. The number of anilines is 3. The number of hydrogen-bond donors (Lipinski definition) is 2. The van der Waals surface area contributed by atoms with Crippen LogP contribution in [-0.2, 0) is 10.0 Å². The Bertz CT molecular complexity index is 735. The summed E-state index contributed by atoms with van der Waals surface area (Å²) < 4.78 is 24.5. The summed E-state index contributed by atoms with van der Waals surface area (Å²) in [4.78, 5) is 4.04. The summed E-state index contributed by atoms with van der Waals surface area (Å²) in [5, 5.41) is 3.82. The fraction of sp³-hybridized carbons (Fsp3) is 0.214. The second kappa shape index (κ2) is 5.91. The van der Waals surface area contributed by atoms with Gasteiger partial charge < -0.3 is 5.32 Å². The Morgan fingerprint density at radius 1 is 1.19 bits per heavy atom. The molecule has 2 N–H and O–H groups in total. The van der Waals surface area contributed by atoms with Crippen LogP contribution in [0.5, 0.6) is 0 Å². The summed E-state index contributed by atoms with van der Waals surface area (Å²) in [5.74, 6) is 0.273. The molecule has 2 aromatic rings. The van der Waals surface area contributed by atoms with E-state index in [1.54, 1.807) is 18.3 Å². The molecule has 0 radical (unpaired) electrons. The van der Waals surface area contributed by atoms with Crippen molar-refractivity contribution in [1.29, 1.82) is 0 Å². The van der Waals surface area contributed by atoms with Crippen LogP contribution in [0.1, 0.15) is 11.1 Å². The molecule has 0 spiro atoms. The second-order valence-electron chi connectivity index (χ2n) is 4.87. The summed E-state index contributed by atoms with van der Waals surface area (Å²) >= 11 is 6.23. The predicted molar refractivity (Wildman–Crippen MR) is 86.9 cm³/mol. The minimum atomic E-state index is -3.32. The molecule has 5 nitrogen and oxygen atoms in total. The highest BCUT2D eigenvalue weighted by Crippen LogP contribution is 2.30. The maximum Gasteiger partial charge on any atom is 0.230 e. The molecule has 0 aliphatic heterocycles. The van der Waals surface area contributed by atoms with E-state index in [-0.39, 0.29) is 5.82 Å². The summed E-state index contributed by atoms with van der Waals surface area (Å²) in [7, 11) is -3.32. The van der Waals surface area contributed by atoms with E-state index in [0.29, 0.717) is 5.02 Å². The van der Waals surface area contributed by atoms with Gasteiger partial charge in [-0.05, 0) is 43.2 Å². The number of hydrogen-bond acceptors (Lipinski definition) is 4. The topological polar surface area (TPSA) is 71.1 Å². The Kier molecular flexibility index (Phi) is 4.39. The summed E-state index contributed by atoms with van der Waals surface area (Å²) in [6, 6.07) is 7.22. The normalized spacial score (nSPS) is 11.2. The minimum absolute atomic E-state index is 0.273. The van der Waals surface area contributed by atoms with Crippen molar-refractivity contribution < 1.29 is 8.42 Å². The first-order valence-corrected chi connectivity index (χ1v) is 8.49. The first-order valence-electron chi connectivity index (χ1n) is 6.22. The van der Waals surface area contributed by atoms with Crippen molar-refractivity contribution >= 4 is 38.8 Å². The van der Waals surface area contributed by atoms with Crippen LogP contribution in [0.15, 0.2) is 30.5 Å². The predicted octanol–water partition coefficient (Wildman–Crippen LogP) is 3.47. The van der Waals surface area contributed by atoms with Crippen LogP contribution < -0.4 is 10.0 Å². The molecule has 0 saturated heterocycles. The number of pyridine rings is 1. The monoisotopic (exact) mass is 325 g/mol. The largest absolute Gasteiger partial charge is 0.353 e. The van der Waals surface area contributed by atoms with Gasteiger partial charge in [0.05, 0.1) is 28.9 Å².